The van der Waals surface area contributed by atoms with Gasteiger partial charge in [0.2, 0.25) is 5.88 Å². The summed E-state index contributed by atoms with van der Waals surface area (Å²) in [5, 5.41) is 0. The lowest BCUT2D eigenvalue weighted by molar-refractivity contribution is 0.576. The molecule has 0 bridgehead atoms. The van der Waals surface area contributed by atoms with Crippen LogP contribution in [-0.4, -0.2) is 7.05 Å². The number of rotatable bonds is 1. The van der Waals surface area contributed by atoms with Gasteiger partial charge in [-0.25, -0.2) is 0 Å². The molecule has 0 N–H and O–H groups in total. The van der Waals surface area contributed by atoms with E-state index in [0.29, 0.717) is 0 Å². The van der Waals surface area contributed by atoms with Gasteiger partial charge in [-0.05, 0) is 6.07 Å². The molecule has 0 saturated heterocycles. The second-order valence-electron chi connectivity index (χ2n) is 1.47. The van der Waals surface area contributed by atoms with Crippen LogP contribution in [0.5, 0.6) is 0 Å². The lowest BCUT2D eigenvalue weighted by atomic mass is 10.6. The summed E-state index contributed by atoms with van der Waals surface area (Å²) in [6, 6.07) is 3.66. The fourth-order valence-corrected chi connectivity index (χ4v) is 0.568. The third kappa shape index (κ3) is 0.980. The number of nitrogens with zero attached hydrogens (tertiary/aromatic N) is 1. The molecule has 0 aliphatic rings. The molecule has 0 aromatic carbocycles. The number of furan rings is 1. The zero-order valence-corrected chi connectivity index (χ0v) is 5.43. The third-order valence-corrected chi connectivity index (χ3v) is 1.02. The molecule has 1 aromatic rings. The molecule has 1 rings (SSSR count). The van der Waals surface area contributed by atoms with Crippen LogP contribution in [0.15, 0.2) is 22.8 Å². The van der Waals surface area contributed by atoms with E-state index in [-0.39, 0.29) is 0 Å². The van der Waals surface area contributed by atoms with Gasteiger partial charge < -0.3 is 4.42 Å². The van der Waals surface area contributed by atoms with E-state index in [1.54, 1.807) is 10.6 Å². The van der Waals surface area contributed by atoms with Gasteiger partial charge in [-0.2, -0.15) is 0 Å². The van der Waals surface area contributed by atoms with E-state index in [1.807, 2.05) is 19.2 Å². The molecule has 8 heavy (non-hydrogen) atoms. The molecule has 3 heteroatoms. The Morgan fingerprint density at radius 1 is 1.75 bits per heavy atom. The van der Waals surface area contributed by atoms with Gasteiger partial charge in [-0.15, -0.1) is 0 Å². The van der Waals surface area contributed by atoms with Crippen LogP contribution in [0.25, 0.3) is 0 Å². The molecule has 0 radical (unpaired) electrons. The lowest BCUT2D eigenvalue weighted by Crippen LogP contribution is -1.97. The average molecular weight is 129 g/mol. The first-order valence-electron chi connectivity index (χ1n) is 2.27. The summed E-state index contributed by atoms with van der Waals surface area (Å²) in [5.74, 6) is 0.758. The van der Waals surface area contributed by atoms with E-state index < -0.39 is 0 Å². The minimum Gasteiger partial charge on any atom is -0.448 e. The molecule has 1 heterocycles. The second kappa shape index (κ2) is 2.13. The van der Waals surface area contributed by atoms with Gasteiger partial charge in [0.1, 0.15) is 0 Å². The Hall–Kier alpha value is -0.570. The Bertz CT molecular complexity index is 147. The number of hydrogen-bond donors (Lipinski definition) is 1. The molecular weight excluding hydrogens is 122 g/mol. The summed E-state index contributed by atoms with van der Waals surface area (Å²) < 4.78 is 6.56. The average Bonchev–Trinajstić information content (AvgIpc) is 2.12. The van der Waals surface area contributed by atoms with Crippen molar-refractivity contribution < 1.29 is 4.42 Å². The van der Waals surface area contributed by atoms with Gasteiger partial charge >= 0.3 is 0 Å². The fourth-order valence-electron chi connectivity index (χ4n) is 0.454. The maximum atomic E-state index is 4.94. The van der Waals surface area contributed by atoms with Crippen molar-refractivity contribution in [1.82, 2.24) is 0 Å². The minimum absolute atomic E-state index is 0.758. The topological polar surface area (TPSA) is 16.4 Å². The fraction of sp³-hybridized carbons (Fsp3) is 0.200. The molecule has 0 spiro atoms. The molecular formula is C5H7NOS. The first-order chi connectivity index (χ1) is 3.80. The van der Waals surface area contributed by atoms with E-state index in [1.165, 1.54) is 0 Å². The van der Waals surface area contributed by atoms with Crippen LogP contribution in [0.4, 0.5) is 5.88 Å². The molecule has 0 saturated carbocycles. The van der Waals surface area contributed by atoms with Crippen molar-refractivity contribution in [3.05, 3.63) is 18.4 Å². The third-order valence-electron chi connectivity index (χ3n) is 0.825. The van der Waals surface area contributed by atoms with Gasteiger partial charge in [-0.1, -0.05) is 12.8 Å². The van der Waals surface area contributed by atoms with Crippen LogP contribution >= 0.6 is 12.8 Å². The second-order valence-corrected chi connectivity index (χ2v) is 2.07. The largest absolute Gasteiger partial charge is 0.448 e. The van der Waals surface area contributed by atoms with Gasteiger partial charge in [0.15, 0.2) is 0 Å². The van der Waals surface area contributed by atoms with E-state index in [4.69, 9.17) is 4.42 Å². The molecule has 0 unspecified atom stereocenters. The van der Waals surface area contributed by atoms with Crippen molar-refractivity contribution in [3.63, 3.8) is 0 Å². The van der Waals surface area contributed by atoms with E-state index >= 15 is 0 Å². The first-order valence-corrected chi connectivity index (χ1v) is 2.67. The van der Waals surface area contributed by atoms with Crippen LogP contribution < -0.4 is 4.31 Å². The predicted octanol–water partition coefficient (Wildman–Crippen LogP) is 1.56. The summed E-state index contributed by atoms with van der Waals surface area (Å²) in [4.78, 5) is 0. The van der Waals surface area contributed by atoms with E-state index in [2.05, 4.69) is 12.8 Å². The highest BCUT2D eigenvalue weighted by atomic mass is 32.1. The van der Waals surface area contributed by atoms with Crippen molar-refractivity contribution in [1.29, 1.82) is 0 Å². The van der Waals surface area contributed by atoms with Crippen molar-refractivity contribution in [3.8, 4) is 0 Å². The predicted molar refractivity (Wildman–Crippen MR) is 36.1 cm³/mol. The summed E-state index contributed by atoms with van der Waals surface area (Å²) >= 11 is 3.99. The van der Waals surface area contributed by atoms with Crippen LogP contribution in [0.2, 0.25) is 0 Å². The van der Waals surface area contributed by atoms with Crippen molar-refractivity contribution in [2.24, 2.45) is 0 Å². The molecule has 2 nitrogen and oxygen atoms in total. The number of anilines is 1. The Morgan fingerprint density at radius 3 is 2.75 bits per heavy atom. The molecule has 0 amide bonds. The summed E-state index contributed by atoms with van der Waals surface area (Å²) in [6.07, 6.45) is 1.61. The van der Waals surface area contributed by atoms with Crippen molar-refractivity contribution in [2.45, 2.75) is 0 Å². The summed E-state index contributed by atoms with van der Waals surface area (Å²) in [7, 11) is 1.81. The maximum absolute atomic E-state index is 4.94. The maximum Gasteiger partial charge on any atom is 0.204 e. The molecule has 44 valence electrons. The van der Waals surface area contributed by atoms with Gasteiger partial charge in [0, 0.05) is 13.1 Å². The number of thiol groups is 1. The Morgan fingerprint density at radius 2 is 2.50 bits per heavy atom. The minimum atomic E-state index is 0.758. The highest BCUT2D eigenvalue weighted by molar-refractivity contribution is 7.81. The molecule has 0 aliphatic carbocycles. The van der Waals surface area contributed by atoms with Gasteiger partial charge in [-0.3, -0.25) is 4.31 Å². The normalized spacial score (nSPS) is 9.25. The van der Waals surface area contributed by atoms with E-state index in [0.717, 1.165) is 5.88 Å². The summed E-state index contributed by atoms with van der Waals surface area (Å²) in [5.41, 5.74) is 0. The monoisotopic (exact) mass is 129 g/mol. The van der Waals surface area contributed by atoms with Gasteiger partial charge in [0.05, 0.1) is 6.26 Å². The highest BCUT2D eigenvalue weighted by Crippen LogP contribution is 2.12. The van der Waals surface area contributed by atoms with Crippen molar-refractivity contribution in [2.75, 3.05) is 11.4 Å². The van der Waals surface area contributed by atoms with Crippen LogP contribution in [0.1, 0.15) is 0 Å². The zero-order valence-electron chi connectivity index (χ0n) is 4.53. The molecule has 1 aromatic heterocycles. The highest BCUT2D eigenvalue weighted by Gasteiger charge is 1.93. The van der Waals surface area contributed by atoms with Crippen molar-refractivity contribution >= 4 is 18.7 Å². The van der Waals surface area contributed by atoms with Crippen LogP contribution in [0.3, 0.4) is 0 Å². The smallest absolute Gasteiger partial charge is 0.204 e. The standard InChI is InChI=1S/C5H7NOS/c1-6(8)5-3-2-4-7-5/h2-4,8H,1H3. The van der Waals surface area contributed by atoms with Crippen LogP contribution in [0, 0.1) is 0 Å². The molecule has 0 atom stereocenters. The Kier molecular flexibility index (Phi) is 1.48. The Labute approximate surface area is 53.6 Å². The SMILES string of the molecule is CN(S)c1ccco1. The zero-order chi connectivity index (χ0) is 5.98. The van der Waals surface area contributed by atoms with Crippen LogP contribution in [-0.2, 0) is 0 Å². The Balaban J connectivity index is 2.77. The number of hydrogen-bond acceptors (Lipinski definition) is 3. The lowest BCUT2D eigenvalue weighted by Gasteiger charge is -2.02. The molecule has 0 aliphatic heterocycles. The molecule has 0 fully saturated rings. The first kappa shape index (κ1) is 5.56. The van der Waals surface area contributed by atoms with Gasteiger partial charge in [0.25, 0.3) is 0 Å². The summed E-state index contributed by atoms with van der Waals surface area (Å²) in [6.45, 7) is 0. The quantitative estimate of drug-likeness (QED) is 0.579. The van der Waals surface area contributed by atoms with E-state index in [9.17, 15) is 0 Å².